The summed E-state index contributed by atoms with van der Waals surface area (Å²) in [5.41, 5.74) is 1.49. The highest BCUT2D eigenvalue weighted by atomic mass is 32.1. The van der Waals surface area contributed by atoms with Crippen molar-refractivity contribution in [2.24, 2.45) is 4.99 Å². The van der Waals surface area contributed by atoms with E-state index in [2.05, 4.69) is 4.99 Å². The van der Waals surface area contributed by atoms with Gasteiger partial charge in [-0.25, -0.2) is 0 Å². The molecular weight excluding hydrogens is 408 g/mol. The molecule has 0 saturated carbocycles. The lowest BCUT2D eigenvalue weighted by Crippen LogP contribution is -2.22. The van der Waals surface area contributed by atoms with E-state index in [4.69, 9.17) is 14.2 Å². The van der Waals surface area contributed by atoms with Crippen molar-refractivity contribution < 1.29 is 28.6 Å². The highest BCUT2D eigenvalue weighted by Crippen LogP contribution is 2.33. The number of hydrogen-bond donors (Lipinski definition) is 0. The summed E-state index contributed by atoms with van der Waals surface area (Å²) in [6, 6.07) is 9.73. The van der Waals surface area contributed by atoms with Crippen molar-refractivity contribution in [2.75, 3.05) is 21.3 Å². The number of aromatic nitrogens is 1. The highest BCUT2D eigenvalue weighted by molar-refractivity contribution is 7.16. The predicted octanol–water partition coefficient (Wildman–Crippen LogP) is 2.84. The average molecular weight is 428 g/mol. The molecule has 156 valence electrons. The van der Waals surface area contributed by atoms with Gasteiger partial charge in [-0.15, -0.1) is 0 Å². The summed E-state index contributed by atoms with van der Waals surface area (Å²) in [6.45, 7) is 1.33. The molecule has 0 radical (unpaired) electrons. The van der Waals surface area contributed by atoms with Gasteiger partial charge in [-0.3, -0.25) is 14.4 Å². The minimum Gasteiger partial charge on any atom is -0.493 e. The largest absolute Gasteiger partial charge is 0.493 e. The van der Waals surface area contributed by atoms with Gasteiger partial charge in [0, 0.05) is 23.3 Å². The molecule has 8 nitrogen and oxygen atoms in total. The van der Waals surface area contributed by atoms with E-state index >= 15 is 0 Å². The van der Waals surface area contributed by atoms with Crippen LogP contribution in [0.15, 0.2) is 41.4 Å². The fourth-order valence-electron chi connectivity index (χ4n) is 2.83. The monoisotopic (exact) mass is 428 g/mol. The lowest BCUT2D eigenvalue weighted by molar-refractivity contribution is -0.141. The molecule has 0 saturated heterocycles. The third kappa shape index (κ3) is 4.25. The maximum Gasteiger partial charge on any atom is 0.325 e. The van der Waals surface area contributed by atoms with Crippen molar-refractivity contribution in [1.29, 1.82) is 0 Å². The van der Waals surface area contributed by atoms with Crippen molar-refractivity contribution in [3.63, 3.8) is 0 Å². The van der Waals surface area contributed by atoms with Crippen LogP contribution < -0.4 is 14.3 Å². The normalized spacial score (nSPS) is 11.4. The van der Waals surface area contributed by atoms with Crippen LogP contribution >= 0.6 is 11.3 Å². The number of rotatable bonds is 6. The number of hydrogen-bond acceptors (Lipinski definition) is 7. The molecule has 9 heteroatoms. The molecule has 0 aliphatic rings. The number of carbonyl (C=O) groups is 3. The Kier molecular flexibility index (Phi) is 6.31. The van der Waals surface area contributed by atoms with Gasteiger partial charge in [-0.2, -0.15) is 4.99 Å². The first-order valence-electron chi connectivity index (χ1n) is 8.90. The molecule has 0 spiro atoms. The van der Waals surface area contributed by atoms with Gasteiger partial charge in [-0.1, -0.05) is 23.5 Å². The highest BCUT2D eigenvalue weighted by Gasteiger charge is 2.16. The molecule has 30 heavy (non-hydrogen) atoms. The van der Waals surface area contributed by atoms with Crippen LogP contribution in [0.2, 0.25) is 0 Å². The molecule has 0 unspecified atom stereocenters. The number of carbonyl (C=O) groups excluding carboxylic acids is 3. The number of fused-ring (bicyclic) bond motifs is 1. The van der Waals surface area contributed by atoms with Gasteiger partial charge in [0.1, 0.15) is 6.54 Å². The smallest absolute Gasteiger partial charge is 0.325 e. The fraction of sp³-hybridized carbons (Fsp3) is 0.238. The lowest BCUT2D eigenvalue weighted by atomic mass is 10.1. The van der Waals surface area contributed by atoms with Gasteiger partial charge in [0.25, 0.3) is 5.91 Å². The molecule has 1 aromatic heterocycles. The topological polar surface area (TPSA) is 96.2 Å². The Bertz CT molecular complexity index is 1190. The van der Waals surface area contributed by atoms with Crippen molar-refractivity contribution >= 4 is 39.2 Å². The van der Waals surface area contributed by atoms with Crippen LogP contribution in [0, 0.1) is 0 Å². The molecule has 3 aromatic rings. The van der Waals surface area contributed by atoms with Gasteiger partial charge >= 0.3 is 5.97 Å². The Morgan fingerprint density at radius 1 is 0.967 bits per heavy atom. The molecular formula is C21H20N2O6S. The number of ether oxygens (including phenoxy) is 3. The minimum atomic E-state index is -0.491. The molecule has 0 aliphatic carbocycles. The number of ketones is 1. The van der Waals surface area contributed by atoms with E-state index in [-0.39, 0.29) is 12.3 Å². The fourth-order valence-corrected chi connectivity index (χ4v) is 3.87. The second kappa shape index (κ2) is 8.91. The summed E-state index contributed by atoms with van der Waals surface area (Å²) in [4.78, 5) is 40.6. The molecule has 3 rings (SSSR count). The van der Waals surface area contributed by atoms with E-state index in [1.165, 1.54) is 39.6 Å². The van der Waals surface area contributed by atoms with Crippen molar-refractivity contribution in [3.8, 4) is 11.5 Å². The maximum absolute atomic E-state index is 12.7. The number of benzene rings is 2. The summed E-state index contributed by atoms with van der Waals surface area (Å²) < 4.78 is 17.8. The maximum atomic E-state index is 12.7. The summed E-state index contributed by atoms with van der Waals surface area (Å²) in [5.74, 6) is -0.0547. The zero-order valence-electron chi connectivity index (χ0n) is 16.9. The second-order valence-electron chi connectivity index (χ2n) is 6.27. The SMILES string of the molecule is COC(=O)Cn1c(=NC(=O)c2ccc(C(C)=O)cc2)sc2cc(OC)c(OC)cc21. The molecule has 1 heterocycles. The van der Waals surface area contributed by atoms with Crippen LogP contribution in [0.3, 0.4) is 0 Å². The summed E-state index contributed by atoms with van der Waals surface area (Å²) in [6.07, 6.45) is 0. The Morgan fingerprint density at radius 2 is 1.57 bits per heavy atom. The first kappa shape index (κ1) is 21.3. The zero-order chi connectivity index (χ0) is 21.8. The van der Waals surface area contributed by atoms with Crippen molar-refractivity contribution in [3.05, 3.63) is 52.3 Å². The molecule has 1 amide bonds. The van der Waals surface area contributed by atoms with Crippen molar-refractivity contribution in [2.45, 2.75) is 13.5 Å². The van der Waals surface area contributed by atoms with Crippen LogP contribution in [-0.2, 0) is 16.1 Å². The van der Waals surface area contributed by atoms with Crippen molar-refractivity contribution in [1.82, 2.24) is 4.57 Å². The Labute approximate surface area is 176 Å². The van der Waals surface area contributed by atoms with Crippen LogP contribution in [0.25, 0.3) is 10.2 Å². The standard InChI is InChI=1S/C21H20N2O6S/c1-12(24)13-5-7-14(8-6-13)20(26)22-21-23(11-19(25)29-4)15-9-16(27-2)17(28-3)10-18(15)30-21/h5-10H,11H2,1-4H3. The molecule has 0 bridgehead atoms. The van der Waals surface area contributed by atoms with E-state index in [1.54, 1.807) is 41.0 Å². The first-order valence-corrected chi connectivity index (χ1v) is 9.71. The van der Waals surface area contributed by atoms with E-state index in [0.29, 0.717) is 32.9 Å². The van der Waals surface area contributed by atoms with E-state index < -0.39 is 11.9 Å². The molecule has 0 aliphatic heterocycles. The molecule has 0 fully saturated rings. The quantitative estimate of drug-likeness (QED) is 0.443. The number of thiazole rings is 1. The first-order chi connectivity index (χ1) is 14.4. The number of amides is 1. The van der Waals surface area contributed by atoms with Gasteiger partial charge in [0.2, 0.25) is 0 Å². The molecule has 2 aromatic carbocycles. The van der Waals surface area contributed by atoms with Crippen LogP contribution in [0.4, 0.5) is 0 Å². The summed E-state index contributed by atoms with van der Waals surface area (Å²) in [7, 11) is 4.33. The second-order valence-corrected chi connectivity index (χ2v) is 7.28. The summed E-state index contributed by atoms with van der Waals surface area (Å²) >= 11 is 1.23. The van der Waals surface area contributed by atoms with E-state index in [0.717, 1.165) is 4.70 Å². The Hall–Kier alpha value is -3.46. The zero-order valence-corrected chi connectivity index (χ0v) is 17.7. The Balaban J connectivity index is 2.14. The van der Waals surface area contributed by atoms with Gasteiger partial charge in [0.15, 0.2) is 22.1 Å². The number of esters is 1. The van der Waals surface area contributed by atoms with E-state index in [9.17, 15) is 14.4 Å². The van der Waals surface area contributed by atoms with Crippen LogP contribution in [0.5, 0.6) is 11.5 Å². The average Bonchev–Trinajstić information content (AvgIpc) is 3.08. The Morgan fingerprint density at radius 3 is 2.13 bits per heavy atom. The minimum absolute atomic E-state index is 0.0886. The van der Waals surface area contributed by atoms with Gasteiger partial charge < -0.3 is 18.8 Å². The van der Waals surface area contributed by atoms with Gasteiger partial charge in [0.05, 0.1) is 31.5 Å². The number of nitrogens with zero attached hydrogens (tertiary/aromatic N) is 2. The summed E-state index contributed by atoms with van der Waals surface area (Å²) in [5, 5.41) is 0. The van der Waals surface area contributed by atoms with E-state index in [1.807, 2.05) is 0 Å². The predicted molar refractivity (Wildman–Crippen MR) is 111 cm³/mol. The molecule has 0 atom stereocenters. The van der Waals surface area contributed by atoms with Crippen LogP contribution in [-0.4, -0.2) is 43.6 Å². The molecule has 0 N–H and O–H groups in total. The number of methoxy groups -OCH3 is 3. The van der Waals surface area contributed by atoms with Crippen LogP contribution in [0.1, 0.15) is 27.6 Å². The third-order valence-electron chi connectivity index (χ3n) is 4.44. The third-order valence-corrected chi connectivity index (χ3v) is 5.48. The number of Topliss-reactive ketones (excluding diaryl/α,β-unsaturated/α-hetero) is 1. The van der Waals surface area contributed by atoms with Gasteiger partial charge in [-0.05, 0) is 19.1 Å². The lowest BCUT2D eigenvalue weighted by Gasteiger charge is -2.09.